The van der Waals surface area contributed by atoms with Crippen LogP contribution in [0.2, 0.25) is 0 Å². The molecule has 28 heavy (non-hydrogen) atoms. The first-order valence-corrected chi connectivity index (χ1v) is 7.72. The van der Waals surface area contributed by atoms with Gasteiger partial charge in [0.2, 0.25) is 0 Å². The molecule has 0 saturated heterocycles. The van der Waals surface area contributed by atoms with Gasteiger partial charge < -0.3 is 29.5 Å². The van der Waals surface area contributed by atoms with Crippen LogP contribution in [0, 0.1) is 7.43 Å². The van der Waals surface area contributed by atoms with Crippen molar-refractivity contribution < 1.29 is 26.9 Å². The van der Waals surface area contributed by atoms with Crippen molar-refractivity contribution in [3.63, 3.8) is 0 Å². The zero-order valence-electron chi connectivity index (χ0n) is 15.7. The van der Waals surface area contributed by atoms with E-state index in [0.29, 0.717) is 5.56 Å². The van der Waals surface area contributed by atoms with Crippen molar-refractivity contribution in [2.24, 2.45) is 0 Å². The number of rotatable bonds is 2. The molecule has 4 rings (SSSR count). The number of aliphatic hydroxyl groups is 1. The quantitative estimate of drug-likeness (QED) is 0.266. The molecule has 8 heteroatoms. The Bertz CT molecular complexity index is 1030. The van der Waals surface area contributed by atoms with E-state index < -0.39 is 6.10 Å². The zero-order valence-corrected chi connectivity index (χ0v) is 18.7. The van der Waals surface area contributed by atoms with Gasteiger partial charge in [-0.1, -0.05) is 6.07 Å². The molecule has 0 bridgehead atoms. The molecule has 0 radical (unpaired) electrons. The van der Waals surface area contributed by atoms with Crippen molar-refractivity contribution in [1.29, 1.82) is 0 Å². The van der Waals surface area contributed by atoms with Crippen LogP contribution in [0.1, 0.15) is 28.9 Å². The van der Waals surface area contributed by atoms with Crippen molar-refractivity contribution in [3.8, 4) is 0 Å². The van der Waals surface area contributed by atoms with Crippen LogP contribution in [0.15, 0.2) is 61.2 Å². The molecule has 6 nitrogen and oxygen atoms in total. The summed E-state index contributed by atoms with van der Waals surface area (Å²) in [5, 5.41) is 9.33. The first-order valence-electron chi connectivity index (χ1n) is 7.72. The SMILES string of the molecule is CC(O)c1ccc2nccnc2c1.O=Cc1ccc2nccnc2c1.[Br-].[CH3-].[Mg+2]. The van der Waals surface area contributed by atoms with Gasteiger partial charge in [-0.05, 0) is 42.8 Å². The minimum atomic E-state index is -0.452. The van der Waals surface area contributed by atoms with E-state index in [1.807, 2.05) is 18.2 Å². The third-order valence-electron chi connectivity index (χ3n) is 3.61. The summed E-state index contributed by atoms with van der Waals surface area (Å²) in [6, 6.07) is 10.8. The van der Waals surface area contributed by atoms with E-state index >= 15 is 0 Å². The number of aromatic nitrogens is 4. The van der Waals surface area contributed by atoms with Gasteiger partial charge in [-0.15, -0.1) is 0 Å². The number of hydrogen-bond donors (Lipinski definition) is 1. The molecule has 0 aliphatic heterocycles. The topological polar surface area (TPSA) is 88.9 Å². The number of nitrogens with zero attached hydrogens (tertiary/aromatic N) is 4. The van der Waals surface area contributed by atoms with Crippen LogP contribution in [0.25, 0.3) is 22.1 Å². The minimum absolute atomic E-state index is 0. The molecule has 0 amide bonds. The predicted molar refractivity (Wildman–Crippen MR) is 107 cm³/mol. The fraction of sp³-hybridized carbons (Fsp3) is 0.100. The third-order valence-corrected chi connectivity index (χ3v) is 3.61. The molecule has 0 aliphatic rings. The molecule has 2 aromatic carbocycles. The summed E-state index contributed by atoms with van der Waals surface area (Å²) in [6.45, 7) is 1.73. The number of fused-ring (bicyclic) bond motifs is 2. The van der Waals surface area contributed by atoms with Gasteiger partial charge in [-0.25, -0.2) is 0 Å². The molecule has 0 aliphatic carbocycles. The molecular formula is C20H19BrMgN4O2. The number of benzene rings is 2. The number of carbonyl (C=O) groups excluding carboxylic acids is 1. The van der Waals surface area contributed by atoms with Crippen LogP contribution >= 0.6 is 0 Å². The maximum atomic E-state index is 10.4. The first-order chi connectivity index (χ1) is 12.2. The molecule has 1 atom stereocenters. The van der Waals surface area contributed by atoms with E-state index in [2.05, 4.69) is 19.9 Å². The summed E-state index contributed by atoms with van der Waals surface area (Å²) in [5.74, 6) is 0. The molecule has 4 aromatic rings. The minimum Gasteiger partial charge on any atom is -1.00 e. The smallest absolute Gasteiger partial charge is 1.00 e. The first kappa shape index (κ1) is 26.0. The average molecular weight is 452 g/mol. The number of aldehydes is 1. The molecule has 0 saturated carbocycles. The Morgan fingerprint density at radius 1 is 0.821 bits per heavy atom. The molecule has 0 fully saturated rings. The van der Waals surface area contributed by atoms with Crippen LogP contribution < -0.4 is 17.0 Å². The van der Waals surface area contributed by atoms with Crippen LogP contribution in [-0.4, -0.2) is 54.4 Å². The Morgan fingerprint density at radius 3 is 1.79 bits per heavy atom. The molecule has 1 unspecified atom stereocenters. The standard InChI is InChI=1S/C10H10N2O.C9H6N2O.CH3.BrH.Mg/c1-7(13)8-2-3-9-10(6-8)12-5-4-11-9;12-6-7-1-2-8-9(5-7)11-4-3-10-8;;;/h2-7,13H,1H3;1-6H;1H3;1H;/q;;-1;;+2/p-1. The van der Waals surface area contributed by atoms with E-state index in [9.17, 15) is 9.90 Å². The van der Waals surface area contributed by atoms with Crippen LogP contribution in [-0.2, 0) is 0 Å². The summed E-state index contributed by atoms with van der Waals surface area (Å²) >= 11 is 0. The van der Waals surface area contributed by atoms with Crippen LogP contribution in [0.4, 0.5) is 0 Å². The summed E-state index contributed by atoms with van der Waals surface area (Å²) < 4.78 is 0. The second kappa shape index (κ2) is 12.5. The number of hydrogen-bond acceptors (Lipinski definition) is 6. The summed E-state index contributed by atoms with van der Waals surface area (Å²) in [6.07, 6.45) is 6.89. The third kappa shape index (κ3) is 6.56. The van der Waals surface area contributed by atoms with Crippen molar-refractivity contribution in [1.82, 2.24) is 19.9 Å². The van der Waals surface area contributed by atoms with Gasteiger partial charge in [-0.2, -0.15) is 0 Å². The maximum Gasteiger partial charge on any atom is 2.00 e. The van der Waals surface area contributed by atoms with Crippen molar-refractivity contribution in [3.05, 3.63) is 79.7 Å². The van der Waals surface area contributed by atoms with Gasteiger partial charge in [0, 0.05) is 30.4 Å². The Kier molecular flexibility index (Phi) is 11.6. The summed E-state index contributed by atoms with van der Waals surface area (Å²) in [5.41, 5.74) is 4.73. The van der Waals surface area contributed by atoms with Gasteiger partial charge in [-0.3, -0.25) is 24.7 Å². The van der Waals surface area contributed by atoms with E-state index in [1.54, 1.807) is 49.9 Å². The van der Waals surface area contributed by atoms with Gasteiger partial charge in [0.1, 0.15) is 6.29 Å². The average Bonchev–Trinajstić information content (AvgIpc) is 2.67. The monoisotopic (exact) mass is 450 g/mol. The van der Waals surface area contributed by atoms with Crippen molar-refractivity contribution in [2.75, 3.05) is 0 Å². The van der Waals surface area contributed by atoms with Crippen LogP contribution in [0.5, 0.6) is 0 Å². The van der Waals surface area contributed by atoms with E-state index in [1.165, 1.54) is 0 Å². The Balaban J connectivity index is 0.000000471. The molecule has 2 aromatic heterocycles. The Labute approximate surface area is 190 Å². The van der Waals surface area contributed by atoms with Gasteiger partial charge in [0.05, 0.1) is 28.2 Å². The largest absolute Gasteiger partial charge is 2.00 e. The maximum absolute atomic E-state index is 10.4. The molecule has 1 N–H and O–H groups in total. The zero-order chi connectivity index (χ0) is 17.6. The molecule has 2 heterocycles. The van der Waals surface area contributed by atoms with Gasteiger partial charge in [0.25, 0.3) is 0 Å². The van der Waals surface area contributed by atoms with Crippen molar-refractivity contribution >= 4 is 51.4 Å². The fourth-order valence-electron chi connectivity index (χ4n) is 2.29. The van der Waals surface area contributed by atoms with Crippen LogP contribution in [0.3, 0.4) is 0 Å². The fourth-order valence-corrected chi connectivity index (χ4v) is 2.29. The molecule has 140 valence electrons. The number of aliphatic hydroxyl groups excluding tert-OH is 1. The Morgan fingerprint density at radius 2 is 1.29 bits per heavy atom. The van der Waals surface area contributed by atoms with Crippen molar-refractivity contribution in [2.45, 2.75) is 13.0 Å². The Hall–Kier alpha value is -2.00. The number of halogens is 1. The second-order valence-electron chi connectivity index (χ2n) is 5.40. The van der Waals surface area contributed by atoms with E-state index in [-0.39, 0.29) is 47.5 Å². The molecule has 0 spiro atoms. The normalized spacial score (nSPS) is 10.4. The predicted octanol–water partition coefficient (Wildman–Crippen LogP) is 0.199. The van der Waals surface area contributed by atoms with Gasteiger partial charge in [0.15, 0.2) is 0 Å². The molecular weight excluding hydrogens is 432 g/mol. The van der Waals surface area contributed by atoms with E-state index in [4.69, 9.17) is 0 Å². The van der Waals surface area contributed by atoms with Gasteiger partial charge >= 0.3 is 23.1 Å². The second-order valence-corrected chi connectivity index (χ2v) is 5.40. The summed E-state index contributed by atoms with van der Waals surface area (Å²) in [4.78, 5) is 26.8. The number of carbonyl (C=O) groups is 1. The van der Waals surface area contributed by atoms with E-state index in [0.717, 1.165) is 33.9 Å². The summed E-state index contributed by atoms with van der Waals surface area (Å²) in [7, 11) is 0.